The van der Waals surface area contributed by atoms with Crippen molar-refractivity contribution in [3.63, 3.8) is 0 Å². The van der Waals surface area contributed by atoms with Gasteiger partial charge >= 0.3 is 0 Å². The molecular formula is C20H18ClFN4OS. The number of halogens is 2. The average Bonchev–Trinajstić information content (AvgIpc) is 3.37. The van der Waals surface area contributed by atoms with E-state index in [0.29, 0.717) is 22.7 Å². The summed E-state index contributed by atoms with van der Waals surface area (Å²) < 4.78 is 17.6. The van der Waals surface area contributed by atoms with Gasteiger partial charge in [-0.25, -0.2) is 9.37 Å². The molecule has 0 spiro atoms. The van der Waals surface area contributed by atoms with Gasteiger partial charge in [0.15, 0.2) is 4.96 Å². The Kier molecular flexibility index (Phi) is 4.82. The van der Waals surface area contributed by atoms with Crippen LogP contribution in [0.5, 0.6) is 0 Å². The van der Waals surface area contributed by atoms with E-state index in [9.17, 15) is 9.18 Å². The molecule has 0 saturated carbocycles. The van der Waals surface area contributed by atoms with E-state index >= 15 is 0 Å². The number of fused-ring (bicyclic) bond motifs is 3. The van der Waals surface area contributed by atoms with Gasteiger partial charge in [0.2, 0.25) is 5.91 Å². The molecule has 144 valence electrons. The molecule has 1 atom stereocenters. The van der Waals surface area contributed by atoms with Crippen molar-refractivity contribution in [3.05, 3.63) is 59.5 Å². The lowest BCUT2D eigenvalue weighted by Gasteiger charge is -2.10. The van der Waals surface area contributed by atoms with E-state index in [1.807, 2.05) is 28.8 Å². The summed E-state index contributed by atoms with van der Waals surface area (Å²) in [6.45, 7) is 1.88. The fourth-order valence-corrected chi connectivity index (χ4v) is 4.76. The normalized spacial score (nSPS) is 16.5. The molecule has 0 bridgehead atoms. The van der Waals surface area contributed by atoms with E-state index in [-0.39, 0.29) is 18.2 Å². The number of thiazole rings is 1. The maximum atomic E-state index is 14.8. The zero-order chi connectivity index (χ0) is 18.5. The van der Waals surface area contributed by atoms with Gasteiger partial charge in [-0.05, 0) is 54.8 Å². The maximum Gasteiger partial charge on any atom is 0.248 e. The van der Waals surface area contributed by atoms with Crippen LogP contribution in [0.15, 0.2) is 42.6 Å². The molecule has 28 heavy (non-hydrogen) atoms. The molecule has 8 heteroatoms. The Balaban J connectivity index is 0.00000192. The lowest BCUT2D eigenvalue weighted by molar-refractivity contribution is 0.100. The van der Waals surface area contributed by atoms with E-state index in [1.165, 1.54) is 11.3 Å². The zero-order valence-electron chi connectivity index (χ0n) is 14.8. The van der Waals surface area contributed by atoms with Crippen molar-refractivity contribution in [2.75, 3.05) is 13.1 Å². The van der Waals surface area contributed by atoms with Crippen molar-refractivity contribution in [2.45, 2.75) is 12.3 Å². The number of benzene rings is 2. The van der Waals surface area contributed by atoms with Crippen LogP contribution in [0.2, 0.25) is 0 Å². The summed E-state index contributed by atoms with van der Waals surface area (Å²) in [4.78, 5) is 16.7. The van der Waals surface area contributed by atoms with E-state index in [2.05, 4.69) is 10.3 Å². The third kappa shape index (κ3) is 3.05. The minimum absolute atomic E-state index is 0. The summed E-state index contributed by atoms with van der Waals surface area (Å²) in [5.41, 5.74) is 8.88. The minimum atomic E-state index is -0.455. The van der Waals surface area contributed by atoms with Crippen molar-refractivity contribution in [2.24, 2.45) is 5.73 Å². The number of imidazole rings is 1. The average molecular weight is 417 g/mol. The van der Waals surface area contributed by atoms with E-state index in [0.717, 1.165) is 40.3 Å². The van der Waals surface area contributed by atoms with Gasteiger partial charge in [-0.2, -0.15) is 0 Å². The van der Waals surface area contributed by atoms with Crippen LogP contribution in [0, 0.1) is 5.82 Å². The Morgan fingerprint density at radius 2 is 2.14 bits per heavy atom. The zero-order valence-corrected chi connectivity index (χ0v) is 16.4. The molecule has 5 nitrogen and oxygen atoms in total. The molecule has 5 rings (SSSR count). The molecule has 3 heterocycles. The second kappa shape index (κ2) is 7.16. The number of aromatic nitrogens is 2. The van der Waals surface area contributed by atoms with Crippen LogP contribution in [0.3, 0.4) is 0 Å². The van der Waals surface area contributed by atoms with Gasteiger partial charge in [0.05, 0.1) is 15.9 Å². The lowest BCUT2D eigenvalue weighted by Crippen LogP contribution is -2.10. The Morgan fingerprint density at radius 1 is 1.29 bits per heavy atom. The fourth-order valence-electron chi connectivity index (χ4n) is 3.72. The number of nitrogens with zero attached hydrogens (tertiary/aromatic N) is 2. The van der Waals surface area contributed by atoms with Crippen molar-refractivity contribution in [3.8, 4) is 11.3 Å². The van der Waals surface area contributed by atoms with Crippen molar-refractivity contribution >= 4 is 44.8 Å². The minimum Gasteiger partial charge on any atom is -0.366 e. The highest BCUT2D eigenvalue weighted by Crippen LogP contribution is 2.32. The molecule has 1 aliphatic heterocycles. The number of hydrogen-bond acceptors (Lipinski definition) is 4. The van der Waals surface area contributed by atoms with Gasteiger partial charge in [0.1, 0.15) is 5.82 Å². The number of hydrogen-bond donors (Lipinski definition) is 2. The highest BCUT2D eigenvalue weighted by atomic mass is 35.5. The second-order valence-corrected chi connectivity index (χ2v) is 7.87. The van der Waals surface area contributed by atoms with Gasteiger partial charge in [0, 0.05) is 23.9 Å². The Morgan fingerprint density at radius 3 is 2.86 bits per heavy atom. The lowest BCUT2D eigenvalue weighted by atomic mass is 9.96. The van der Waals surface area contributed by atoms with E-state index in [1.54, 1.807) is 18.2 Å². The number of carbonyl (C=O) groups excluding carboxylic acids is 1. The molecule has 0 radical (unpaired) electrons. The summed E-state index contributed by atoms with van der Waals surface area (Å²) in [7, 11) is 0. The summed E-state index contributed by atoms with van der Waals surface area (Å²) in [6, 6.07) is 10.8. The number of primary amides is 1. The SMILES string of the molecule is Cl.NC(=O)c1ccc2c(c1)sc1nc(-c3ccc(C4CCNC4)cc3F)cn12. The molecule has 1 fully saturated rings. The van der Waals surface area contributed by atoms with Crippen LogP contribution in [0.4, 0.5) is 4.39 Å². The van der Waals surface area contributed by atoms with Gasteiger partial charge in [0.25, 0.3) is 0 Å². The predicted molar refractivity (Wildman–Crippen MR) is 112 cm³/mol. The molecule has 2 aromatic heterocycles. The van der Waals surface area contributed by atoms with Gasteiger partial charge in [-0.1, -0.05) is 17.4 Å². The third-order valence-corrected chi connectivity index (χ3v) is 6.20. The van der Waals surface area contributed by atoms with Gasteiger partial charge < -0.3 is 11.1 Å². The van der Waals surface area contributed by atoms with Crippen LogP contribution in [-0.4, -0.2) is 28.4 Å². The topological polar surface area (TPSA) is 72.4 Å². The quantitative estimate of drug-likeness (QED) is 0.531. The van der Waals surface area contributed by atoms with E-state index in [4.69, 9.17) is 5.73 Å². The first-order chi connectivity index (χ1) is 13.1. The highest BCUT2D eigenvalue weighted by Gasteiger charge is 2.19. The second-order valence-electron chi connectivity index (χ2n) is 6.86. The molecular weight excluding hydrogens is 399 g/mol. The molecule has 1 aliphatic rings. The molecule has 1 amide bonds. The Labute approximate surface area is 170 Å². The van der Waals surface area contributed by atoms with Crippen LogP contribution >= 0.6 is 23.7 Å². The van der Waals surface area contributed by atoms with Crippen molar-refractivity contribution in [1.29, 1.82) is 0 Å². The first-order valence-electron chi connectivity index (χ1n) is 8.82. The number of nitrogens with two attached hydrogens (primary N) is 1. The summed E-state index contributed by atoms with van der Waals surface area (Å²) in [6.07, 6.45) is 2.88. The highest BCUT2D eigenvalue weighted by molar-refractivity contribution is 7.23. The molecule has 1 unspecified atom stereocenters. The predicted octanol–water partition coefficient (Wildman–Crippen LogP) is 3.95. The van der Waals surface area contributed by atoms with Crippen molar-refractivity contribution in [1.82, 2.24) is 14.7 Å². The van der Waals surface area contributed by atoms with Crippen LogP contribution in [0.25, 0.3) is 26.4 Å². The van der Waals surface area contributed by atoms with E-state index < -0.39 is 5.91 Å². The number of amides is 1. The molecule has 3 N–H and O–H groups in total. The summed E-state index contributed by atoms with van der Waals surface area (Å²) >= 11 is 1.45. The first-order valence-corrected chi connectivity index (χ1v) is 9.64. The van der Waals surface area contributed by atoms with Crippen LogP contribution in [-0.2, 0) is 0 Å². The Hall–Kier alpha value is -2.48. The standard InChI is InChI=1S/C20H17FN4OS.ClH/c21-15-7-11(13-5-6-23-9-13)1-3-14(15)16-10-25-17-4-2-12(19(22)26)8-18(17)27-20(25)24-16;/h1-4,7-8,10,13,23H,5-6,9H2,(H2,22,26);1H. The van der Waals surface area contributed by atoms with Gasteiger partial charge in [-0.3, -0.25) is 9.20 Å². The number of nitrogens with one attached hydrogen (secondary N) is 1. The first kappa shape index (κ1) is 18.9. The summed E-state index contributed by atoms with van der Waals surface area (Å²) in [5, 5.41) is 3.31. The van der Waals surface area contributed by atoms with Crippen molar-refractivity contribution < 1.29 is 9.18 Å². The molecule has 0 aliphatic carbocycles. The fraction of sp³-hybridized carbons (Fsp3) is 0.200. The molecule has 4 aromatic rings. The van der Waals surface area contributed by atoms with Gasteiger partial charge in [-0.15, -0.1) is 12.4 Å². The monoisotopic (exact) mass is 416 g/mol. The van der Waals surface area contributed by atoms with Crippen LogP contribution < -0.4 is 11.1 Å². The molecule has 1 saturated heterocycles. The van der Waals surface area contributed by atoms with Crippen LogP contribution in [0.1, 0.15) is 28.3 Å². The smallest absolute Gasteiger partial charge is 0.248 e. The third-order valence-electron chi connectivity index (χ3n) is 5.18. The largest absolute Gasteiger partial charge is 0.366 e. The molecule has 2 aromatic carbocycles. The maximum absolute atomic E-state index is 14.8. The Bertz CT molecular complexity index is 1200. The number of carbonyl (C=O) groups is 1. The summed E-state index contributed by atoms with van der Waals surface area (Å²) in [5.74, 6) is -0.323. The number of rotatable bonds is 3.